The van der Waals surface area contributed by atoms with Crippen molar-refractivity contribution in [2.75, 3.05) is 0 Å². The summed E-state index contributed by atoms with van der Waals surface area (Å²) in [5, 5.41) is 2.10. The van der Waals surface area contributed by atoms with Gasteiger partial charge in [0.2, 0.25) is 5.69 Å². The van der Waals surface area contributed by atoms with Crippen LogP contribution in [0.15, 0.2) is 95.5 Å². The van der Waals surface area contributed by atoms with Crippen LogP contribution in [-0.4, -0.2) is 0 Å². The van der Waals surface area contributed by atoms with Crippen molar-refractivity contribution in [1.29, 1.82) is 0 Å². The van der Waals surface area contributed by atoms with Crippen LogP contribution in [0.1, 0.15) is 30.5 Å². The van der Waals surface area contributed by atoms with E-state index in [0.717, 1.165) is 49.9 Å². The van der Waals surface area contributed by atoms with E-state index in [1.54, 1.807) is 0 Å². The third-order valence-electron chi connectivity index (χ3n) is 8.30. The Bertz CT molecular complexity index is 1980. The zero-order chi connectivity index (χ0) is 26.2. The average Bonchev–Trinajstić information content (AvgIpc) is 3.41. The second-order valence-corrected chi connectivity index (χ2v) is 10.8. The Morgan fingerprint density at radius 3 is 2.26 bits per heavy atom. The van der Waals surface area contributed by atoms with Crippen molar-refractivity contribution in [3.63, 3.8) is 0 Å². The van der Waals surface area contributed by atoms with Gasteiger partial charge in [-0.15, -0.1) is 0 Å². The largest absolute Gasteiger partial charge is 0.456 e. The van der Waals surface area contributed by atoms with Crippen LogP contribution in [0.3, 0.4) is 0 Å². The zero-order valence-electron chi connectivity index (χ0n) is 22.0. The highest BCUT2D eigenvalue weighted by Gasteiger charge is 2.35. The van der Waals surface area contributed by atoms with Gasteiger partial charge in [-0.25, -0.2) is 9.41 Å². The first-order valence-electron chi connectivity index (χ1n) is 13.0. The van der Waals surface area contributed by atoms with E-state index in [1.807, 2.05) is 18.2 Å². The van der Waals surface area contributed by atoms with E-state index in [9.17, 15) is 0 Å². The third-order valence-corrected chi connectivity index (χ3v) is 8.30. The van der Waals surface area contributed by atoms with E-state index in [4.69, 9.17) is 11.0 Å². The number of benzene rings is 4. The molecular weight excluding hydrogens is 464 g/mol. The number of pyridine rings is 1. The zero-order valence-corrected chi connectivity index (χ0v) is 22.0. The Hall–Kier alpha value is -4.68. The topological polar surface area (TPSA) is 21.4 Å². The lowest BCUT2D eigenvalue weighted by Crippen LogP contribution is -2.30. The van der Waals surface area contributed by atoms with Crippen LogP contribution in [0.4, 0.5) is 5.69 Å². The van der Waals surface area contributed by atoms with Gasteiger partial charge in [0.25, 0.3) is 0 Å². The molecule has 0 atom stereocenters. The summed E-state index contributed by atoms with van der Waals surface area (Å²) in [6.45, 7) is 14.7. The van der Waals surface area contributed by atoms with Crippen LogP contribution in [0.2, 0.25) is 0 Å². The minimum atomic E-state index is -0.117. The van der Waals surface area contributed by atoms with Gasteiger partial charge in [-0.3, -0.25) is 0 Å². The van der Waals surface area contributed by atoms with Gasteiger partial charge in [0.15, 0.2) is 11.9 Å². The van der Waals surface area contributed by atoms with Gasteiger partial charge in [-0.05, 0) is 46.4 Å². The number of hydrogen-bond acceptors (Lipinski definition) is 1. The molecule has 0 aliphatic heterocycles. The van der Waals surface area contributed by atoms with Crippen molar-refractivity contribution in [1.82, 2.24) is 0 Å². The molecule has 2 heterocycles. The van der Waals surface area contributed by atoms with Crippen molar-refractivity contribution in [3.8, 4) is 33.5 Å². The van der Waals surface area contributed by atoms with Crippen molar-refractivity contribution >= 4 is 27.6 Å². The molecule has 0 saturated carbocycles. The molecule has 0 fully saturated rings. The highest BCUT2D eigenvalue weighted by molar-refractivity contribution is 6.15. The van der Waals surface area contributed by atoms with Crippen LogP contribution in [-0.2, 0) is 12.5 Å². The predicted octanol–water partition coefficient (Wildman–Crippen LogP) is 8.91. The lowest BCUT2D eigenvalue weighted by molar-refractivity contribution is -0.660. The molecule has 0 amide bonds. The summed E-state index contributed by atoms with van der Waals surface area (Å²) >= 11 is 0. The second kappa shape index (κ2) is 7.91. The molecule has 0 spiro atoms. The first kappa shape index (κ1) is 22.5. The summed E-state index contributed by atoms with van der Waals surface area (Å²) < 4.78 is 8.90. The van der Waals surface area contributed by atoms with Crippen molar-refractivity contribution < 1.29 is 8.98 Å². The summed E-state index contributed by atoms with van der Waals surface area (Å²) in [6, 6.07) is 29.8. The number of nitrogens with zero attached hydrogens (tertiary/aromatic N) is 2. The molecular formula is C35H27N2O+. The lowest BCUT2D eigenvalue weighted by Gasteiger charge is -2.22. The first-order valence-corrected chi connectivity index (χ1v) is 13.0. The normalized spacial score (nSPS) is 13.4. The van der Waals surface area contributed by atoms with E-state index in [0.29, 0.717) is 5.69 Å². The maximum absolute atomic E-state index is 8.00. The Morgan fingerprint density at radius 2 is 1.47 bits per heavy atom. The molecule has 4 aromatic carbocycles. The second-order valence-electron chi connectivity index (χ2n) is 10.8. The fraction of sp³-hybridized carbons (Fsp3) is 0.143. The van der Waals surface area contributed by atoms with Gasteiger partial charge in [-0.2, -0.15) is 0 Å². The lowest BCUT2D eigenvalue weighted by atomic mass is 9.81. The molecule has 2 aromatic heterocycles. The van der Waals surface area contributed by atoms with Gasteiger partial charge in [0, 0.05) is 33.9 Å². The molecule has 7 rings (SSSR count). The number of rotatable bonds is 2. The highest BCUT2D eigenvalue weighted by Crippen LogP contribution is 2.51. The molecule has 0 unspecified atom stereocenters. The smallest absolute Gasteiger partial charge is 0.216 e. The third kappa shape index (κ3) is 2.98. The van der Waals surface area contributed by atoms with Gasteiger partial charge in [0.1, 0.15) is 18.2 Å². The molecule has 1 aliphatic rings. The SMILES string of the molecule is [C-]#[N+]c1ccc2c(oc3c(-c4cccc[n+]4C)c(C)ccc32)c1-c1ccc2c(c1)C(C)(C)c1ccccc1-2. The van der Waals surface area contributed by atoms with E-state index in [2.05, 4.69) is 110 Å². The fourth-order valence-electron chi connectivity index (χ4n) is 6.32. The minimum Gasteiger partial charge on any atom is -0.456 e. The molecule has 0 bridgehead atoms. The number of aromatic nitrogens is 1. The van der Waals surface area contributed by atoms with E-state index in [-0.39, 0.29) is 5.41 Å². The standard InChI is InChI=1S/C35H27N2O/c1-21-13-15-25-26-17-18-29(36-4)32(34(26)38-33(25)31(21)30-12-8-9-19-37(30)5)22-14-16-24-23-10-6-7-11-27(23)35(2,3)28(24)20-22/h6-20H,1-3,5H3/q+1. The predicted molar refractivity (Wildman–Crippen MR) is 154 cm³/mol. The molecule has 3 heteroatoms. The molecule has 6 aromatic rings. The van der Waals surface area contributed by atoms with Crippen LogP contribution < -0.4 is 4.57 Å². The van der Waals surface area contributed by atoms with E-state index >= 15 is 0 Å². The van der Waals surface area contributed by atoms with Crippen molar-refractivity contribution in [2.45, 2.75) is 26.2 Å². The van der Waals surface area contributed by atoms with E-state index in [1.165, 1.54) is 22.3 Å². The Kier molecular flexibility index (Phi) is 4.68. The summed E-state index contributed by atoms with van der Waals surface area (Å²) in [5.74, 6) is 0. The molecule has 0 radical (unpaired) electrons. The molecule has 0 saturated heterocycles. The average molecular weight is 492 g/mol. The van der Waals surface area contributed by atoms with Crippen molar-refractivity contribution in [2.24, 2.45) is 7.05 Å². The maximum Gasteiger partial charge on any atom is 0.216 e. The van der Waals surface area contributed by atoms with Crippen LogP contribution >= 0.6 is 0 Å². The van der Waals surface area contributed by atoms with Gasteiger partial charge in [0.05, 0.1) is 12.1 Å². The molecule has 1 aliphatic carbocycles. The molecule has 38 heavy (non-hydrogen) atoms. The summed E-state index contributed by atoms with van der Waals surface area (Å²) in [6.07, 6.45) is 2.06. The van der Waals surface area contributed by atoms with Gasteiger partial charge < -0.3 is 4.42 Å². The fourth-order valence-corrected chi connectivity index (χ4v) is 6.32. The summed E-state index contributed by atoms with van der Waals surface area (Å²) in [4.78, 5) is 3.93. The number of fused-ring (bicyclic) bond motifs is 6. The number of aryl methyl sites for hydroxylation is 2. The van der Waals surface area contributed by atoms with Crippen LogP contribution in [0.25, 0.3) is 60.3 Å². The first-order chi connectivity index (χ1) is 18.4. The van der Waals surface area contributed by atoms with Crippen molar-refractivity contribution in [3.05, 3.63) is 119 Å². The number of furan rings is 1. The Morgan fingerprint density at radius 1 is 0.763 bits per heavy atom. The monoisotopic (exact) mass is 491 g/mol. The van der Waals surface area contributed by atoms with Gasteiger partial charge >= 0.3 is 0 Å². The Labute approximate surface area is 222 Å². The highest BCUT2D eigenvalue weighted by atomic mass is 16.3. The maximum atomic E-state index is 8.00. The van der Waals surface area contributed by atoms with Crippen LogP contribution in [0.5, 0.6) is 0 Å². The van der Waals surface area contributed by atoms with Gasteiger partial charge in [-0.1, -0.05) is 80.6 Å². The molecule has 3 nitrogen and oxygen atoms in total. The van der Waals surface area contributed by atoms with Crippen LogP contribution in [0, 0.1) is 13.5 Å². The Balaban J connectivity index is 1.53. The van der Waals surface area contributed by atoms with E-state index < -0.39 is 0 Å². The molecule has 182 valence electrons. The molecule has 0 N–H and O–H groups in total. The summed E-state index contributed by atoms with van der Waals surface area (Å²) in [5.41, 5.74) is 12.5. The summed E-state index contributed by atoms with van der Waals surface area (Å²) in [7, 11) is 2.06. The quantitative estimate of drug-likeness (QED) is 0.175. The number of hydrogen-bond donors (Lipinski definition) is 0. The minimum absolute atomic E-state index is 0.117.